The maximum atomic E-state index is 13.2. The molecule has 166 valence electrons. The number of allylic oxidation sites excluding steroid dienone is 1. The second-order valence-corrected chi connectivity index (χ2v) is 9.18. The lowest BCUT2D eigenvalue weighted by Gasteiger charge is -2.22. The summed E-state index contributed by atoms with van der Waals surface area (Å²) in [6.45, 7) is 3.75. The van der Waals surface area contributed by atoms with Gasteiger partial charge in [-0.3, -0.25) is 4.79 Å². The van der Waals surface area contributed by atoms with Gasteiger partial charge >= 0.3 is 5.97 Å². The van der Waals surface area contributed by atoms with E-state index in [4.69, 9.17) is 9.72 Å². The summed E-state index contributed by atoms with van der Waals surface area (Å²) in [5, 5.41) is 5.71. The molecule has 3 aromatic rings. The van der Waals surface area contributed by atoms with Crippen LogP contribution in [0.1, 0.15) is 66.0 Å². The van der Waals surface area contributed by atoms with E-state index in [-0.39, 0.29) is 18.6 Å². The fourth-order valence-corrected chi connectivity index (χ4v) is 4.96. The molecule has 0 bridgehead atoms. The highest BCUT2D eigenvalue weighted by atomic mass is 32.1. The average Bonchev–Trinajstić information content (AvgIpc) is 3.29. The third-order valence-electron chi connectivity index (χ3n) is 5.70. The van der Waals surface area contributed by atoms with Gasteiger partial charge in [0.15, 0.2) is 6.61 Å². The Morgan fingerprint density at radius 3 is 2.84 bits per heavy atom. The Bertz CT molecular complexity index is 1150. The molecular formula is C26H28N2O3S. The number of pyridine rings is 1. The van der Waals surface area contributed by atoms with Gasteiger partial charge in [0.1, 0.15) is 0 Å². The van der Waals surface area contributed by atoms with E-state index in [1.165, 1.54) is 4.88 Å². The molecule has 0 radical (unpaired) electrons. The minimum absolute atomic E-state index is 0.0608. The van der Waals surface area contributed by atoms with Crippen LogP contribution in [0.3, 0.4) is 0 Å². The lowest BCUT2D eigenvalue weighted by atomic mass is 9.86. The van der Waals surface area contributed by atoms with Crippen molar-refractivity contribution in [3.8, 4) is 0 Å². The molecule has 4 rings (SSSR count). The minimum Gasteiger partial charge on any atom is -0.452 e. The van der Waals surface area contributed by atoms with Gasteiger partial charge in [0.05, 0.1) is 16.8 Å². The van der Waals surface area contributed by atoms with Crippen molar-refractivity contribution in [2.45, 2.75) is 52.0 Å². The molecule has 1 aliphatic carbocycles. The zero-order valence-electron chi connectivity index (χ0n) is 18.5. The van der Waals surface area contributed by atoms with Crippen LogP contribution in [-0.2, 0) is 16.0 Å². The standard InChI is InChI=1S/C26H28N2O3S/c1-3-8-17(2)27-23(29)16-31-26(30)24-20-11-4-5-13-22(20)28-25-18(9-6-12-21(24)25)15-19-10-7-14-32-19/h4-5,7,10-11,13-15,17H,3,6,8-9,12,16H2,1-2H3,(H,27,29). The first-order valence-corrected chi connectivity index (χ1v) is 12.1. The summed E-state index contributed by atoms with van der Waals surface area (Å²) in [6.07, 6.45) is 6.67. The zero-order valence-corrected chi connectivity index (χ0v) is 19.3. The van der Waals surface area contributed by atoms with Crippen LogP contribution in [0.5, 0.6) is 0 Å². The van der Waals surface area contributed by atoms with E-state index in [1.54, 1.807) is 11.3 Å². The Kier molecular flexibility index (Phi) is 7.00. The molecule has 5 nitrogen and oxygen atoms in total. The average molecular weight is 449 g/mol. The van der Waals surface area contributed by atoms with Gasteiger partial charge in [-0.25, -0.2) is 9.78 Å². The largest absolute Gasteiger partial charge is 0.452 e. The number of ether oxygens (including phenoxy) is 1. The van der Waals surface area contributed by atoms with Crippen molar-refractivity contribution in [1.82, 2.24) is 10.3 Å². The molecule has 0 spiro atoms. The molecule has 1 atom stereocenters. The van der Waals surface area contributed by atoms with E-state index in [1.807, 2.05) is 37.3 Å². The molecule has 0 fully saturated rings. The number of esters is 1. The molecule has 32 heavy (non-hydrogen) atoms. The molecule has 0 saturated carbocycles. The molecule has 1 amide bonds. The second kappa shape index (κ2) is 10.1. The molecule has 0 aliphatic heterocycles. The minimum atomic E-state index is -0.462. The molecule has 1 unspecified atom stereocenters. The Hall–Kier alpha value is -2.99. The van der Waals surface area contributed by atoms with E-state index in [2.05, 4.69) is 29.8 Å². The molecular weight excluding hydrogens is 420 g/mol. The maximum Gasteiger partial charge on any atom is 0.339 e. The van der Waals surface area contributed by atoms with Gasteiger partial charge in [-0.2, -0.15) is 0 Å². The van der Waals surface area contributed by atoms with Crippen molar-refractivity contribution < 1.29 is 14.3 Å². The van der Waals surface area contributed by atoms with Crippen molar-refractivity contribution >= 4 is 45.8 Å². The number of benzene rings is 1. The molecule has 1 aliphatic rings. The predicted octanol–water partition coefficient (Wildman–Crippen LogP) is 5.63. The van der Waals surface area contributed by atoms with E-state index in [0.717, 1.165) is 59.8 Å². The first-order valence-electron chi connectivity index (χ1n) is 11.2. The van der Waals surface area contributed by atoms with Crippen molar-refractivity contribution in [2.24, 2.45) is 0 Å². The number of rotatable bonds is 7. The Morgan fingerprint density at radius 2 is 2.06 bits per heavy atom. The number of amides is 1. The molecule has 2 aromatic heterocycles. The van der Waals surface area contributed by atoms with E-state index < -0.39 is 5.97 Å². The van der Waals surface area contributed by atoms with Crippen molar-refractivity contribution in [3.63, 3.8) is 0 Å². The number of thiophene rings is 1. The van der Waals surface area contributed by atoms with Crippen molar-refractivity contribution in [2.75, 3.05) is 6.61 Å². The highest BCUT2D eigenvalue weighted by Gasteiger charge is 2.26. The summed E-state index contributed by atoms with van der Waals surface area (Å²) >= 11 is 1.68. The first-order chi connectivity index (χ1) is 15.6. The quantitative estimate of drug-likeness (QED) is 0.475. The summed E-state index contributed by atoms with van der Waals surface area (Å²) in [5.41, 5.74) is 4.23. The zero-order chi connectivity index (χ0) is 22.5. The van der Waals surface area contributed by atoms with Crippen LogP contribution in [0, 0.1) is 0 Å². The van der Waals surface area contributed by atoms with Gasteiger partial charge < -0.3 is 10.1 Å². The fourth-order valence-electron chi connectivity index (χ4n) is 4.28. The lowest BCUT2D eigenvalue weighted by molar-refractivity contribution is -0.124. The number of carbonyl (C=O) groups excluding carboxylic acids is 2. The lowest BCUT2D eigenvalue weighted by Crippen LogP contribution is -2.35. The van der Waals surface area contributed by atoms with Crippen LogP contribution in [0.2, 0.25) is 0 Å². The molecule has 1 N–H and O–H groups in total. The molecule has 2 heterocycles. The monoisotopic (exact) mass is 448 g/mol. The Labute approximate surface area is 192 Å². The van der Waals surface area contributed by atoms with Crippen LogP contribution in [0.15, 0.2) is 41.8 Å². The Balaban J connectivity index is 1.67. The van der Waals surface area contributed by atoms with Gasteiger partial charge in [-0.05, 0) is 67.3 Å². The second-order valence-electron chi connectivity index (χ2n) is 8.20. The van der Waals surface area contributed by atoms with Crippen molar-refractivity contribution in [1.29, 1.82) is 0 Å². The SMILES string of the molecule is CCCC(C)NC(=O)COC(=O)c1c2c(nc3ccccc13)C(=Cc1cccs1)CCC2. The van der Waals surface area contributed by atoms with E-state index in [9.17, 15) is 9.59 Å². The molecule has 6 heteroatoms. The Morgan fingerprint density at radius 1 is 1.22 bits per heavy atom. The maximum absolute atomic E-state index is 13.2. The fraction of sp³-hybridized carbons (Fsp3) is 0.346. The molecule has 1 aromatic carbocycles. The van der Waals surface area contributed by atoms with E-state index >= 15 is 0 Å². The van der Waals surface area contributed by atoms with Gasteiger partial charge in [-0.15, -0.1) is 11.3 Å². The number of carbonyl (C=O) groups is 2. The number of fused-ring (bicyclic) bond motifs is 2. The molecule has 0 saturated heterocycles. The predicted molar refractivity (Wildman–Crippen MR) is 130 cm³/mol. The van der Waals surface area contributed by atoms with Crippen LogP contribution in [-0.4, -0.2) is 29.5 Å². The van der Waals surface area contributed by atoms with Gasteiger partial charge in [0.2, 0.25) is 0 Å². The van der Waals surface area contributed by atoms with Gasteiger partial charge in [0.25, 0.3) is 5.91 Å². The first kappa shape index (κ1) is 22.2. The van der Waals surface area contributed by atoms with Crippen LogP contribution in [0.25, 0.3) is 22.6 Å². The topological polar surface area (TPSA) is 68.3 Å². The number of aromatic nitrogens is 1. The normalized spacial score (nSPS) is 15.4. The summed E-state index contributed by atoms with van der Waals surface area (Å²) < 4.78 is 5.49. The number of hydrogen-bond donors (Lipinski definition) is 1. The summed E-state index contributed by atoms with van der Waals surface area (Å²) in [4.78, 5) is 31.6. The van der Waals surface area contributed by atoms with Gasteiger partial charge in [0, 0.05) is 16.3 Å². The van der Waals surface area contributed by atoms with Crippen LogP contribution < -0.4 is 5.32 Å². The number of nitrogens with one attached hydrogen (secondary N) is 1. The summed E-state index contributed by atoms with van der Waals surface area (Å²) in [5.74, 6) is -0.736. The van der Waals surface area contributed by atoms with Gasteiger partial charge in [-0.1, -0.05) is 37.6 Å². The smallest absolute Gasteiger partial charge is 0.339 e. The highest BCUT2D eigenvalue weighted by molar-refractivity contribution is 7.10. The third-order valence-corrected chi connectivity index (χ3v) is 6.52. The van der Waals surface area contributed by atoms with Crippen LogP contribution >= 0.6 is 11.3 Å². The third kappa shape index (κ3) is 4.91. The number of para-hydroxylation sites is 1. The van der Waals surface area contributed by atoms with E-state index in [0.29, 0.717) is 5.56 Å². The van der Waals surface area contributed by atoms with Crippen molar-refractivity contribution in [3.05, 3.63) is 63.5 Å². The summed E-state index contributed by atoms with van der Waals surface area (Å²) in [6, 6.07) is 11.8. The number of hydrogen-bond acceptors (Lipinski definition) is 5. The van der Waals surface area contributed by atoms with Crippen LogP contribution in [0.4, 0.5) is 0 Å². The highest BCUT2D eigenvalue weighted by Crippen LogP contribution is 2.36. The number of nitrogens with zero attached hydrogens (tertiary/aromatic N) is 1. The summed E-state index contributed by atoms with van der Waals surface area (Å²) in [7, 11) is 0.